The van der Waals surface area contributed by atoms with Crippen LogP contribution in [0, 0.1) is 0 Å². The van der Waals surface area contributed by atoms with Crippen LogP contribution in [0.4, 0.5) is 14.5 Å². The number of hydrogen-bond acceptors (Lipinski definition) is 5. The van der Waals surface area contributed by atoms with Gasteiger partial charge in [-0.15, -0.1) is 0 Å². The predicted molar refractivity (Wildman–Crippen MR) is 106 cm³/mol. The van der Waals surface area contributed by atoms with Gasteiger partial charge in [0.15, 0.2) is 5.54 Å². The highest BCUT2D eigenvalue weighted by Gasteiger charge is 2.57. The molecule has 1 unspecified atom stereocenters. The molecule has 0 bridgehead atoms. The lowest BCUT2D eigenvalue weighted by molar-refractivity contribution is -0.125. The Balaban J connectivity index is 1.73. The van der Waals surface area contributed by atoms with Gasteiger partial charge in [0, 0.05) is 11.9 Å². The van der Waals surface area contributed by atoms with E-state index < -0.39 is 24.0 Å². The Morgan fingerprint density at radius 2 is 2.10 bits per heavy atom. The molecule has 1 aromatic heterocycles. The molecule has 9 heteroatoms. The Morgan fingerprint density at radius 1 is 1.28 bits per heavy atom. The molecule has 29 heavy (non-hydrogen) atoms. The van der Waals surface area contributed by atoms with E-state index in [0.717, 1.165) is 5.56 Å². The number of amides is 1. The van der Waals surface area contributed by atoms with Gasteiger partial charge in [0.25, 0.3) is 11.8 Å². The number of benzene rings is 1. The summed E-state index contributed by atoms with van der Waals surface area (Å²) in [4.78, 5) is 20.7. The molecule has 1 spiro atoms. The van der Waals surface area contributed by atoms with Crippen molar-refractivity contribution in [1.29, 1.82) is 0 Å². The number of aryl methyl sites for hydroxylation is 1. The molecule has 1 aliphatic heterocycles. The number of carbonyl (C=O) groups is 1. The average molecular weight is 421 g/mol. The van der Waals surface area contributed by atoms with Gasteiger partial charge in [0.05, 0.1) is 5.02 Å². The minimum absolute atomic E-state index is 0.0369. The van der Waals surface area contributed by atoms with Crippen LogP contribution in [0.5, 0.6) is 0 Å². The molecule has 4 rings (SSSR count). The number of aliphatic imine (C=N–C) groups is 1. The lowest BCUT2D eigenvalue weighted by Gasteiger charge is -2.40. The standard InChI is InChI=1S/C20H19ClF2N4O2/c21-13-4-6-16(25-9-13)18(28)26-14-5-3-12-2-1-7-19(15(12)8-14)20(22,23)11-29-10-17(24)27-19/h3-6,8-9H,1-2,7,10-11H2,(H2,24,27)(H,26,28). The number of nitrogens with one attached hydrogen (secondary N) is 1. The summed E-state index contributed by atoms with van der Waals surface area (Å²) in [5, 5.41) is 3.11. The molecule has 2 aliphatic rings. The summed E-state index contributed by atoms with van der Waals surface area (Å²) in [6, 6.07) is 8.02. The first-order valence-corrected chi connectivity index (χ1v) is 9.55. The molecular formula is C20H19ClF2N4O2. The largest absolute Gasteiger partial charge is 0.385 e. The normalized spacial score (nSPS) is 23.1. The second kappa shape index (κ2) is 7.35. The van der Waals surface area contributed by atoms with E-state index in [2.05, 4.69) is 15.3 Å². The fourth-order valence-electron chi connectivity index (χ4n) is 3.89. The maximum absolute atomic E-state index is 15.2. The van der Waals surface area contributed by atoms with Crippen molar-refractivity contribution in [3.8, 4) is 0 Å². The summed E-state index contributed by atoms with van der Waals surface area (Å²) in [5.41, 5.74) is 5.69. The number of ether oxygens (including phenoxy) is 1. The van der Waals surface area contributed by atoms with Crippen LogP contribution in [0.25, 0.3) is 0 Å². The van der Waals surface area contributed by atoms with Crippen molar-refractivity contribution in [3.63, 3.8) is 0 Å². The van der Waals surface area contributed by atoms with E-state index in [-0.39, 0.29) is 24.6 Å². The SMILES string of the molecule is NC1=NC2(CCCc3ccc(NC(=O)c4ccc(Cl)cn4)cc32)C(F)(F)COC1. The van der Waals surface area contributed by atoms with Crippen molar-refractivity contribution >= 4 is 29.0 Å². The molecule has 2 heterocycles. The third-order valence-electron chi connectivity index (χ3n) is 5.23. The van der Waals surface area contributed by atoms with E-state index in [9.17, 15) is 4.79 Å². The number of halogens is 3. The Morgan fingerprint density at radius 3 is 2.86 bits per heavy atom. The van der Waals surface area contributed by atoms with Crippen molar-refractivity contribution in [1.82, 2.24) is 4.98 Å². The van der Waals surface area contributed by atoms with E-state index in [1.54, 1.807) is 24.3 Å². The van der Waals surface area contributed by atoms with E-state index >= 15 is 8.78 Å². The molecule has 0 fully saturated rings. The fourth-order valence-corrected chi connectivity index (χ4v) is 4.00. The van der Waals surface area contributed by atoms with Crippen LogP contribution in [0.1, 0.15) is 34.5 Å². The number of carbonyl (C=O) groups excluding carboxylic acids is 1. The van der Waals surface area contributed by atoms with Crippen LogP contribution in [-0.4, -0.2) is 35.9 Å². The van der Waals surface area contributed by atoms with Gasteiger partial charge in [-0.3, -0.25) is 9.79 Å². The summed E-state index contributed by atoms with van der Waals surface area (Å²) in [6.07, 6.45) is 2.71. The Labute approximate surface area is 171 Å². The molecule has 152 valence electrons. The molecule has 0 radical (unpaired) electrons. The Kier molecular flexibility index (Phi) is 5.00. The molecule has 1 amide bonds. The molecule has 2 aromatic rings. The number of alkyl halides is 2. The summed E-state index contributed by atoms with van der Waals surface area (Å²) in [5.74, 6) is -3.66. The van der Waals surface area contributed by atoms with Crippen molar-refractivity contribution in [3.05, 3.63) is 58.4 Å². The maximum atomic E-state index is 15.2. The zero-order valence-corrected chi connectivity index (χ0v) is 16.2. The van der Waals surface area contributed by atoms with Crippen LogP contribution in [-0.2, 0) is 16.7 Å². The maximum Gasteiger partial charge on any atom is 0.299 e. The minimum Gasteiger partial charge on any atom is -0.385 e. The van der Waals surface area contributed by atoms with Crippen LogP contribution >= 0.6 is 11.6 Å². The molecule has 1 aromatic carbocycles. The summed E-state index contributed by atoms with van der Waals surface area (Å²) in [6.45, 7) is -0.896. The molecule has 3 N–H and O–H groups in total. The van der Waals surface area contributed by atoms with Crippen LogP contribution in [0.3, 0.4) is 0 Å². The number of nitrogens with zero attached hydrogens (tertiary/aromatic N) is 2. The second-order valence-electron chi connectivity index (χ2n) is 7.20. The number of hydrogen-bond donors (Lipinski definition) is 2. The topological polar surface area (TPSA) is 89.6 Å². The Bertz CT molecular complexity index is 981. The Hall–Kier alpha value is -2.58. The number of nitrogens with two attached hydrogens (primary N) is 1. The fraction of sp³-hybridized carbons (Fsp3) is 0.350. The van der Waals surface area contributed by atoms with Gasteiger partial charge >= 0.3 is 0 Å². The molecular weight excluding hydrogens is 402 g/mol. The van der Waals surface area contributed by atoms with Crippen molar-refractivity contribution in [2.75, 3.05) is 18.5 Å². The van der Waals surface area contributed by atoms with E-state index in [1.807, 2.05) is 0 Å². The van der Waals surface area contributed by atoms with Gasteiger partial charge in [0.2, 0.25) is 0 Å². The van der Waals surface area contributed by atoms with E-state index in [4.69, 9.17) is 22.1 Å². The van der Waals surface area contributed by atoms with E-state index in [1.165, 1.54) is 12.3 Å². The van der Waals surface area contributed by atoms with Crippen LogP contribution in [0.2, 0.25) is 5.02 Å². The van der Waals surface area contributed by atoms with Gasteiger partial charge in [-0.25, -0.2) is 13.8 Å². The average Bonchev–Trinajstić information content (AvgIpc) is 2.79. The zero-order valence-electron chi connectivity index (χ0n) is 15.4. The highest BCUT2D eigenvalue weighted by molar-refractivity contribution is 6.30. The predicted octanol–water partition coefficient (Wildman–Crippen LogP) is 3.54. The molecule has 6 nitrogen and oxygen atoms in total. The number of pyridine rings is 1. The monoisotopic (exact) mass is 420 g/mol. The summed E-state index contributed by atoms with van der Waals surface area (Å²) >= 11 is 5.79. The van der Waals surface area contributed by atoms with Gasteiger partial charge < -0.3 is 15.8 Å². The first kappa shape index (κ1) is 19.7. The number of aromatic nitrogens is 1. The number of anilines is 1. The lowest BCUT2D eigenvalue weighted by Crippen LogP contribution is -2.48. The third kappa shape index (κ3) is 3.58. The number of amidine groups is 1. The van der Waals surface area contributed by atoms with Gasteiger partial charge in [-0.1, -0.05) is 17.7 Å². The number of rotatable bonds is 2. The first-order valence-electron chi connectivity index (χ1n) is 9.17. The second-order valence-corrected chi connectivity index (χ2v) is 7.64. The van der Waals surface area contributed by atoms with Gasteiger partial charge in [-0.05, 0) is 54.7 Å². The van der Waals surface area contributed by atoms with Crippen molar-refractivity contribution in [2.45, 2.75) is 30.7 Å². The van der Waals surface area contributed by atoms with Crippen LogP contribution < -0.4 is 11.1 Å². The lowest BCUT2D eigenvalue weighted by atomic mass is 9.73. The number of fused-ring (bicyclic) bond motifs is 2. The summed E-state index contributed by atoms with van der Waals surface area (Å²) in [7, 11) is 0. The van der Waals surface area contributed by atoms with Gasteiger partial charge in [0.1, 0.15) is 24.7 Å². The first-order chi connectivity index (χ1) is 13.8. The van der Waals surface area contributed by atoms with Crippen molar-refractivity contribution < 1.29 is 18.3 Å². The highest BCUT2D eigenvalue weighted by Crippen LogP contribution is 2.50. The van der Waals surface area contributed by atoms with E-state index in [0.29, 0.717) is 29.1 Å². The van der Waals surface area contributed by atoms with Gasteiger partial charge in [-0.2, -0.15) is 0 Å². The third-order valence-corrected chi connectivity index (χ3v) is 5.45. The molecule has 1 aliphatic carbocycles. The molecule has 0 saturated heterocycles. The highest BCUT2D eigenvalue weighted by atomic mass is 35.5. The molecule has 1 atom stereocenters. The minimum atomic E-state index is -3.23. The van der Waals surface area contributed by atoms with Crippen LogP contribution in [0.15, 0.2) is 41.5 Å². The van der Waals surface area contributed by atoms with Crippen molar-refractivity contribution in [2.24, 2.45) is 10.7 Å². The zero-order chi connectivity index (χ0) is 20.6. The molecule has 0 saturated carbocycles. The smallest absolute Gasteiger partial charge is 0.299 e. The summed E-state index contributed by atoms with van der Waals surface area (Å²) < 4.78 is 35.3. The quantitative estimate of drug-likeness (QED) is 0.777.